The maximum absolute atomic E-state index is 3.41. The van der Waals surface area contributed by atoms with Crippen LogP contribution in [0.25, 0.3) is 0 Å². The molecule has 0 saturated heterocycles. The fourth-order valence-corrected chi connectivity index (χ4v) is 1.46. The monoisotopic (exact) mass is 186 g/mol. The lowest BCUT2D eigenvalue weighted by atomic mass is 9.96. The zero-order chi connectivity index (χ0) is 10.3. The van der Waals surface area contributed by atoms with E-state index in [1.807, 2.05) is 0 Å². The summed E-state index contributed by atoms with van der Waals surface area (Å²) >= 11 is 0. The predicted molar refractivity (Wildman–Crippen MR) is 60.1 cm³/mol. The molecule has 0 atom stereocenters. The minimum Gasteiger partial charge on any atom is -0.315 e. The molecular formula is C11H26N2. The Morgan fingerprint density at radius 2 is 1.77 bits per heavy atom. The van der Waals surface area contributed by atoms with Crippen LogP contribution in [0, 0.1) is 5.41 Å². The van der Waals surface area contributed by atoms with E-state index < -0.39 is 0 Å². The van der Waals surface area contributed by atoms with Crippen molar-refractivity contribution >= 4 is 0 Å². The Hall–Kier alpha value is -0.0800. The van der Waals surface area contributed by atoms with Gasteiger partial charge in [-0.25, -0.2) is 0 Å². The van der Waals surface area contributed by atoms with Crippen LogP contribution in [0.4, 0.5) is 0 Å². The smallest absolute Gasteiger partial charge is 0.0104 e. The summed E-state index contributed by atoms with van der Waals surface area (Å²) in [6.45, 7) is 13.6. The molecule has 0 unspecified atom stereocenters. The van der Waals surface area contributed by atoms with Crippen molar-refractivity contribution in [1.29, 1.82) is 0 Å². The summed E-state index contributed by atoms with van der Waals surface area (Å²) in [6, 6.07) is 0. The maximum Gasteiger partial charge on any atom is 0.0104 e. The molecule has 1 N–H and O–H groups in total. The first-order valence-electron chi connectivity index (χ1n) is 5.35. The van der Waals surface area contributed by atoms with Crippen molar-refractivity contribution < 1.29 is 0 Å². The molecule has 0 rings (SSSR count). The molecule has 0 radical (unpaired) electrons. The highest BCUT2D eigenvalue weighted by molar-refractivity contribution is 4.66. The van der Waals surface area contributed by atoms with Crippen LogP contribution in [-0.4, -0.2) is 38.1 Å². The van der Waals surface area contributed by atoms with Gasteiger partial charge in [0, 0.05) is 19.6 Å². The zero-order valence-corrected chi connectivity index (χ0v) is 9.98. The molecule has 0 aliphatic heterocycles. The Morgan fingerprint density at radius 3 is 2.23 bits per heavy atom. The fraction of sp³-hybridized carbons (Fsp3) is 1.00. The summed E-state index contributed by atoms with van der Waals surface area (Å²) in [4.78, 5) is 2.39. The van der Waals surface area contributed by atoms with Gasteiger partial charge in [0.25, 0.3) is 0 Å². The summed E-state index contributed by atoms with van der Waals surface area (Å²) in [5, 5.41) is 3.41. The van der Waals surface area contributed by atoms with Gasteiger partial charge in [-0.3, -0.25) is 0 Å². The van der Waals surface area contributed by atoms with Gasteiger partial charge >= 0.3 is 0 Å². The first-order chi connectivity index (χ1) is 5.95. The lowest BCUT2D eigenvalue weighted by Crippen LogP contribution is -2.35. The van der Waals surface area contributed by atoms with Crippen LogP contribution < -0.4 is 5.32 Å². The number of nitrogens with one attached hydrogen (secondary N) is 1. The van der Waals surface area contributed by atoms with Crippen LogP contribution in [0.1, 0.15) is 34.1 Å². The molecular weight excluding hydrogens is 160 g/mol. The van der Waals surface area contributed by atoms with Gasteiger partial charge in [-0.05, 0) is 25.4 Å². The third kappa shape index (κ3) is 9.84. The van der Waals surface area contributed by atoms with Gasteiger partial charge in [0.15, 0.2) is 0 Å². The molecule has 0 bridgehead atoms. The van der Waals surface area contributed by atoms with Crippen LogP contribution in [0.3, 0.4) is 0 Å². The molecule has 0 aromatic heterocycles. The Kier molecular flexibility index (Phi) is 6.35. The third-order valence-corrected chi connectivity index (χ3v) is 1.84. The molecule has 0 aliphatic rings. The Morgan fingerprint density at radius 1 is 1.15 bits per heavy atom. The molecule has 2 heteroatoms. The molecule has 13 heavy (non-hydrogen) atoms. The topological polar surface area (TPSA) is 15.3 Å². The van der Waals surface area contributed by atoms with Crippen LogP contribution in [0.5, 0.6) is 0 Å². The summed E-state index contributed by atoms with van der Waals surface area (Å²) < 4.78 is 0. The van der Waals surface area contributed by atoms with Crippen LogP contribution in [0.15, 0.2) is 0 Å². The normalized spacial score (nSPS) is 12.5. The minimum absolute atomic E-state index is 0.416. The third-order valence-electron chi connectivity index (χ3n) is 1.84. The largest absolute Gasteiger partial charge is 0.315 e. The molecule has 80 valence electrons. The van der Waals surface area contributed by atoms with E-state index in [9.17, 15) is 0 Å². The summed E-state index contributed by atoms with van der Waals surface area (Å²) in [5.74, 6) is 0. The van der Waals surface area contributed by atoms with Gasteiger partial charge in [-0.2, -0.15) is 0 Å². The van der Waals surface area contributed by atoms with Gasteiger partial charge in [-0.15, -0.1) is 0 Å². The number of likely N-dealkylation sites (N-methyl/N-ethyl adjacent to an activating group) is 1. The Balaban J connectivity index is 3.35. The average Bonchev–Trinajstić information content (AvgIpc) is 1.94. The van der Waals surface area contributed by atoms with Gasteiger partial charge in [0.2, 0.25) is 0 Å². The van der Waals surface area contributed by atoms with E-state index in [-0.39, 0.29) is 0 Å². The molecule has 2 nitrogen and oxygen atoms in total. The first-order valence-corrected chi connectivity index (χ1v) is 5.35. The summed E-state index contributed by atoms with van der Waals surface area (Å²) in [5.41, 5.74) is 0.416. The van der Waals surface area contributed by atoms with Crippen molar-refractivity contribution in [2.75, 3.05) is 33.2 Å². The molecule has 0 aliphatic carbocycles. The van der Waals surface area contributed by atoms with Crippen molar-refractivity contribution in [3.8, 4) is 0 Å². The van der Waals surface area contributed by atoms with E-state index in [0.29, 0.717) is 5.41 Å². The molecule has 0 saturated carbocycles. The van der Waals surface area contributed by atoms with Crippen molar-refractivity contribution in [2.24, 2.45) is 5.41 Å². The molecule has 0 fully saturated rings. The second kappa shape index (κ2) is 6.39. The molecule has 0 aromatic carbocycles. The average molecular weight is 186 g/mol. The van der Waals surface area contributed by atoms with E-state index in [1.54, 1.807) is 0 Å². The predicted octanol–water partition coefficient (Wildman–Crippen LogP) is 1.96. The van der Waals surface area contributed by atoms with Crippen molar-refractivity contribution in [2.45, 2.75) is 34.1 Å². The van der Waals surface area contributed by atoms with Gasteiger partial charge < -0.3 is 10.2 Å². The molecule has 0 amide bonds. The Labute approximate surface area is 83.7 Å². The van der Waals surface area contributed by atoms with E-state index in [0.717, 1.165) is 19.6 Å². The highest BCUT2D eigenvalue weighted by atomic mass is 15.1. The van der Waals surface area contributed by atoms with Crippen molar-refractivity contribution in [3.05, 3.63) is 0 Å². The van der Waals surface area contributed by atoms with Gasteiger partial charge in [-0.1, -0.05) is 27.7 Å². The SMILES string of the molecule is CCCNCCN(C)CC(C)(C)C. The molecule has 0 heterocycles. The highest BCUT2D eigenvalue weighted by Gasteiger charge is 2.12. The number of rotatable bonds is 6. The van der Waals surface area contributed by atoms with Crippen LogP contribution in [-0.2, 0) is 0 Å². The number of nitrogens with zero attached hydrogens (tertiary/aromatic N) is 1. The van der Waals surface area contributed by atoms with Crippen molar-refractivity contribution in [1.82, 2.24) is 10.2 Å². The summed E-state index contributed by atoms with van der Waals surface area (Å²) in [6.07, 6.45) is 1.23. The number of hydrogen-bond acceptors (Lipinski definition) is 2. The second-order valence-corrected chi connectivity index (χ2v) is 5.05. The number of hydrogen-bond donors (Lipinski definition) is 1. The van der Waals surface area contributed by atoms with Gasteiger partial charge in [0.1, 0.15) is 0 Å². The van der Waals surface area contributed by atoms with E-state index >= 15 is 0 Å². The maximum atomic E-state index is 3.41. The lowest BCUT2D eigenvalue weighted by Gasteiger charge is -2.26. The molecule has 0 spiro atoms. The van der Waals surface area contributed by atoms with E-state index in [4.69, 9.17) is 0 Å². The highest BCUT2D eigenvalue weighted by Crippen LogP contribution is 2.13. The van der Waals surface area contributed by atoms with E-state index in [2.05, 4.69) is 45.0 Å². The zero-order valence-electron chi connectivity index (χ0n) is 9.98. The van der Waals surface area contributed by atoms with Crippen molar-refractivity contribution in [3.63, 3.8) is 0 Å². The quantitative estimate of drug-likeness (QED) is 0.638. The van der Waals surface area contributed by atoms with Crippen LogP contribution in [0.2, 0.25) is 0 Å². The lowest BCUT2D eigenvalue weighted by molar-refractivity contribution is 0.227. The fourth-order valence-electron chi connectivity index (χ4n) is 1.46. The summed E-state index contributed by atoms with van der Waals surface area (Å²) in [7, 11) is 2.19. The van der Waals surface area contributed by atoms with Gasteiger partial charge in [0.05, 0.1) is 0 Å². The van der Waals surface area contributed by atoms with Crippen LogP contribution >= 0.6 is 0 Å². The molecule has 0 aromatic rings. The van der Waals surface area contributed by atoms with E-state index in [1.165, 1.54) is 13.0 Å². The second-order valence-electron chi connectivity index (χ2n) is 5.05. The Bertz CT molecular complexity index is 116. The minimum atomic E-state index is 0.416. The first kappa shape index (κ1) is 12.9. The standard InChI is InChI=1S/C11H26N2/c1-6-7-12-8-9-13(5)10-11(2,3)4/h12H,6-10H2,1-5H3.